The number of aromatic amines is 1. The van der Waals surface area contributed by atoms with E-state index in [4.69, 9.17) is 51.9 Å². The van der Waals surface area contributed by atoms with Crippen molar-refractivity contribution >= 4 is 30.3 Å². The molecule has 2 aliphatic heterocycles. The Kier molecular flexibility index (Phi) is 14.7. The summed E-state index contributed by atoms with van der Waals surface area (Å²) in [5.74, 6) is 1.76. The molecule has 70 heavy (non-hydrogen) atoms. The lowest BCUT2D eigenvalue weighted by Gasteiger charge is -2.37. The van der Waals surface area contributed by atoms with Crippen LogP contribution in [0, 0.1) is 0 Å². The van der Waals surface area contributed by atoms with E-state index in [1.54, 1.807) is 25.1 Å². The SMILES string of the molecule is COc1ccc(C(OC[C@H]2O[C@@H](n3cnc4c(Nc5ccccc5)ncnc43)[C@@H](OC)C2OP(=O)(CO[C@@H]2C[C@H](OC)[C@H](n3ccc(=O)[nH]c3=O)O2)OC)(c2ccccc2)c2ccc(OC)cc2)cc1. The normalized spacial score (nSPS) is 22.2. The zero-order valence-electron chi connectivity index (χ0n) is 38.9. The number of para-hydroxylation sites is 1. The molecule has 7 aromatic rings. The Bertz CT molecular complexity index is 2970. The first-order valence-electron chi connectivity index (χ1n) is 22.2. The molecule has 21 heteroatoms. The molecule has 0 radical (unpaired) electrons. The van der Waals surface area contributed by atoms with E-state index >= 15 is 0 Å². The molecule has 2 unspecified atom stereocenters. The Labute approximate surface area is 401 Å². The lowest BCUT2D eigenvalue weighted by atomic mass is 9.80. The number of imidazole rings is 1. The molecular formula is C49H52N7O13P. The standard InChI is InChI=1S/C49H52N7O13P/c1-60-35-20-16-32(17-21-35)49(31-12-8-6-9-13-31,33-18-22-36(61-2)23-19-33)66-27-38-42(69-70(59,64-5)30-65-40-26-37(62-3)46(68-40)55-25-24-39(57)54-48(55)58)43(63-4)47(67-38)56-29-52-41-44(50-28-51-45(41)56)53-34-14-10-7-11-15-34/h6-25,28-29,37-38,40,42-43,46-47H,26-27,30H2,1-5H3,(H,50,51,53)(H,54,57,58)/t37-,38+,40-,42?,43-,46+,47+,70?/m0/s1. The van der Waals surface area contributed by atoms with Gasteiger partial charge in [0.25, 0.3) is 5.56 Å². The molecule has 2 aliphatic rings. The van der Waals surface area contributed by atoms with E-state index in [0.29, 0.717) is 28.5 Å². The third-order valence-corrected chi connectivity index (χ3v) is 13.9. The van der Waals surface area contributed by atoms with Gasteiger partial charge in [0, 0.05) is 45.7 Å². The van der Waals surface area contributed by atoms with Crippen molar-refractivity contribution in [2.45, 2.75) is 55.2 Å². The van der Waals surface area contributed by atoms with Crippen LogP contribution < -0.4 is 26.0 Å². The largest absolute Gasteiger partial charge is 0.497 e. The second kappa shape index (κ2) is 21.2. The van der Waals surface area contributed by atoms with Crippen molar-refractivity contribution < 1.29 is 51.5 Å². The summed E-state index contributed by atoms with van der Waals surface area (Å²) in [6.07, 6.45) is -2.97. The van der Waals surface area contributed by atoms with Gasteiger partial charge in [-0.3, -0.25) is 28.0 Å². The van der Waals surface area contributed by atoms with Crippen molar-refractivity contribution in [1.82, 2.24) is 29.1 Å². The lowest BCUT2D eigenvalue weighted by molar-refractivity contribution is -0.150. The zero-order chi connectivity index (χ0) is 48.8. The number of hydrogen-bond donors (Lipinski definition) is 2. The highest BCUT2D eigenvalue weighted by atomic mass is 31.2. The quantitative estimate of drug-likeness (QED) is 0.0614. The number of ether oxygens (including phenoxy) is 8. The summed E-state index contributed by atoms with van der Waals surface area (Å²) < 4.78 is 79.5. The van der Waals surface area contributed by atoms with Crippen LogP contribution in [0.1, 0.15) is 35.6 Å². The maximum Gasteiger partial charge on any atom is 0.356 e. The van der Waals surface area contributed by atoms with Crippen molar-refractivity contribution in [3.8, 4) is 11.5 Å². The van der Waals surface area contributed by atoms with Crippen LogP contribution >= 0.6 is 7.60 Å². The fourth-order valence-corrected chi connectivity index (χ4v) is 10.0. The number of nitrogens with one attached hydrogen (secondary N) is 2. The van der Waals surface area contributed by atoms with Crippen LogP contribution in [0.25, 0.3) is 11.2 Å². The maximum atomic E-state index is 14.9. The van der Waals surface area contributed by atoms with Gasteiger partial charge in [-0.25, -0.2) is 19.7 Å². The number of fused-ring (bicyclic) bond motifs is 1. The van der Waals surface area contributed by atoms with Gasteiger partial charge >= 0.3 is 13.3 Å². The molecule has 366 valence electrons. The molecule has 2 saturated heterocycles. The van der Waals surface area contributed by atoms with Crippen molar-refractivity contribution in [1.29, 1.82) is 0 Å². The van der Waals surface area contributed by atoms with Crippen LogP contribution in [0.3, 0.4) is 0 Å². The van der Waals surface area contributed by atoms with Crippen LogP contribution in [0.2, 0.25) is 0 Å². The summed E-state index contributed by atoms with van der Waals surface area (Å²) in [5, 5.41) is 3.31. The minimum atomic E-state index is -4.24. The Balaban J connectivity index is 1.08. The molecule has 2 N–H and O–H groups in total. The van der Waals surface area contributed by atoms with Crippen molar-refractivity contribution in [3.63, 3.8) is 0 Å². The maximum absolute atomic E-state index is 14.9. The number of hydrogen-bond acceptors (Lipinski definition) is 17. The Hall–Kier alpha value is -6.58. The Morgan fingerprint density at radius 3 is 2.01 bits per heavy atom. The molecule has 0 aliphatic carbocycles. The smallest absolute Gasteiger partial charge is 0.356 e. The minimum Gasteiger partial charge on any atom is -0.497 e. The molecule has 9 rings (SSSR count). The fraction of sp³-hybridized carbons (Fsp3) is 0.327. The first-order chi connectivity index (χ1) is 34.1. The van der Waals surface area contributed by atoms with Gasteiger partial charge in [-0.15, -0.1) is 0 Å². The first-order valence-corrected chi connectivity index (χ1v) is 23.9. The number of aromatic nitrogens is 6. The third kappa shape index (κ3) is 9.78. The summed E-state index contributed by atoms with van der Waals surface area (Å²) in [5.41, 5.74) is 1.44. The molecule has 8 atom stereocenters. The predicted molar refractivity (Wildman–Crippen MR) is 254 cm³/mol. The van der Waals surface area contributed by atoms with Gasteiger partial charge in [0.05, 0.1) is 27.2 Å². The lowest BCUT2D eigenvalue weighted by Crippen LogP contribution is -2.41. The topological polar surface area (TPSA) is 220 Å². The van der Waals surface area contributed by atoms with Crippen LogP contribution in [-0.2, 0) is 47.6 Å². The molecule has 20 nitrogen and oxygen atoms in total. The van der Waals surface area contributed by atoms with E-state index in [1.165, 1.54) is 44.5 Å². The number of H-pyrrole nitrogens is 1. The van der Waals surface area contributed by atoms with Crippen LogP contribution in [0.15, 0.2) is 144 Å². The number of nitrogens with zero attached hydrogens (tertiary/aromatic N) is 5. The highest BCUT2D eigenvalue weighted by molar-refractivity contribution is 7.53. The molecule has 0 saturated carbocycles. The number of rotatable bonds is 20. The molecule has 4 aromatic carbocycles. The second-order valence-corrected chi connectivity index (χ2v) is 18.3. The minimum absolute atomic E-state index is 0.136. The fourth-order valence-electron chi connectivity index (χ4n) is 8.80. The Morgan fingerprint density at radius 2 is 1.40 bits per heavy atom. The summed E-state index contributed by atoms with van der Waals surface area (Å²) in [6, 6.07) is 35.7. The van der Waals surface area contributed by atoms with Crippen LogP contribution in [0.5, 0.6) is 11.5 Å². The number of anilines is 2. The van der Waals surface area contributed by atoms with Crippen LogP contribution in [-0.4, -0.2) is 108 Å². The molecule has 3 aromatic heterocycles. The second-order valence-electron chi connectivity index (χ2n) is 16.3. The highest BCUT2D eigenvalue weighted by Gasteiger charge is 2.52. The van der Waals surface area contributed by atoms with E-state index in [0.717, 1.165) is 22.4 Å². The molecule has 0 bridgehead atoms. The van der Waals surface area contributed by atoms with Crippen molar-refractivity contribution in [3.05, 3.63) is 172 Å². The van der Waals surface area contributed by atoms with E-state index in [9.17, 15) is 14.2 Å². The Morgan fingerprint density at radius 1 is 0.743 bits per heavy atom. The van der Waals surface area contributed by atoms with Crippen molar-refractivity contribution in [2.24, 2.45) is 0 Å². The van der Waals surface area contributed by atoms with Gasteiger partial charge in [-0.2, -0.15) is 0 Å². The van der Waals surface area contributed by atoms with Gasteiger partial charge in [-0.1, -0.05) is 72.8 Å². The van der Waals surface area contributed by atoms with E-state index < -0.39 is 74.0 Å². The number of benzene rings is 4. The highest BCUT2D eigenvalue weighted by Crippen LogP contribution is 2.53. The molecule has 2 fully saturated rings. The summed E-state index contributed by atoms with van der Waals surface area (Å²) >= 11 is 0. The van der Waals surface area contributed by atoms with Gasteiger partial charge in [-0.05, 0) is 53.1 Å². The van der Waals surface area contributed by atoms with E-state index in [2.05, 4.69) is 20.3 Å². The van der Waals surface area contributed by atoms with Gasteiger partial charge < -0.3 is 47.7 Å². The third-order valence-electron chi connectivity index (χ3n) is 12.3. The summed E-state index contributed by atoms with van der Waals surface area (Å²) in [6.45, 7) is -0.169. The average Bonchev–Trinajstić information content (AvgIpc) is 4.12. The summed E-state index contributed by atoms with van der Waals surface area (Å²) in [7, 11) is 3.15. The first kappa shape index (κ1) is 48.4. The van der Waals surface area contributed by atoms with E-state index in [-0.39, 0.29) is 13.0 Å². The van der Waals surface area contributed by atoms with Crippen molar-refractivity contribution in [2.75, 3.05) is 53.8 Å². The molecule has 5 heterocycles. The zero-order valence-corrected chi connectivity index (χ0v) is 39.7. The monoisotopic (exact) mass is 977 g/mol. The van der Waals surface area contributed by atoms with Gasteiger partial charge in [0.15, 0.2) is 42.1 Å². The van der Waals surface area contributed by atoms with Gasteiger partial charge in [0.2, 0.25) is 0 Å². The molecular weight excluding hydrogens is 926 g/mol. The number of methoxy groups -OCH3 is 4. The van der Waals surface area contributed by atoms with E-state index in [1.807, 2.05) is 109 Å². The summed E-state index contributed by atoms with van der Waals surface area (Å²) in [4.78, 5) is 40.5. The molecule has 0 amide bonds. The van der Waals surface area contributed by atoms with Gasteiger partial charge in [0.1, 0.15) is 47.8 Å². The van der Waals surface area contributed by atoms with Crippen LogP contribution in [0.4, 0.5) is 11.5 Å². The average molecular weight is 978 g/mol. The molecule has 0 spiro atoms. The predicted octanol–water partition coefficient (Wildman–Crippen LogP) is 6.52.